The Morgan fingerprint density at radius 3 is 1.26 bits per heavy atom. The summed E-state index contributed by atoms with van der Waals surface area (Å²) in [5, 5.41) is 17.7. The number of carbonyl (C=O) groups is 8. The van der Waals surface area contributed by atoms with Crippen LogP contribution in [-0.2, 0) is 57.4 Å². The lowest BCUT2D eigenvalue weighted by Gasteiger charge is -2.42. The summed E-state index contributed by atoms with van der Waals surface area (Å²) in [4.78, 5) is 180. The van der Waals surface area contributed by atoms with Crippen molar-refractivity contribution >= 4 is 155 Å². The van der Waals surface area contributed by atoms with Crippen LogP contribution in [0.15, 0.2) is 181 Å². The van der Waals surface area contributed by atoms with Gasteiger partial charge in [-0.15, -0.1) is 0 Å². The molecule has 18 rings (SSSR count). The van der Waals surface area contributed by atoms with Crippen molar-refractivity contribution in [1.82, 2.24) is 84.6 Å². The molecular weight excluding hydrogens is 1960 g/mol. The Balaban J connectivity index is 0.000000143. The third-order valence-electron chi connectivity index (χ3n) is 20.5. The number of primary amides is 1. The smallest absolute Gasteiger partial charge is 0.411 e. The van der Waals surface area contributed by atoms with Crippen LogP contribution in [0.2, 0.25) is 20.1 Å². The molecule has 0 radical (unpaired) electrons. The van der Waals surface area contributed by atoms with E-state index in [4.69, 9.17) is 72.1 Å². The van der Waals surface area contributed by atoms with Crippen molar-refractivity contribution in [3.05, 3.63) is 314 Å². The number of halogens is 10. The lowest BCUT2D eigenvalue weighted by molar-refractivity contribution is 0.0115. The second-order valence-electron chi connectivity index (χ2n) is 33.4. The van der Waals surface area contributed by atoms with Crippen LogP contribution in [-0.4, -0.2) is 154 Å². The normalized spacial score (nSPS) is 17.3. The quantitative estimate of drug-likeness (QED) is 0.0571. The number of benzene rings is 4. The van der Waals surface area contributed by atoms with Crippen LogP contribution in [0.5, 0.6) is 0 Å². The van der Waals surface area contributed by atoms with Gasteiger partial charge in [0.05, 0.1) is 55.2 Å². The number of aromatic nitrogens is 10. The number of nitrogens with two attached hydrogens (primary N) is 2. The van der Waals surface area contributed by atoms with Crippen molar-refractivity contribution in [2.45, 2.75) is 122 Å². The molecule has 0 saturated carbocycles. The highest BCUT2D eigenvalue weighted by atomic mass is 79.9. The molecule has 0 saturated heterocycles. The monoisotopic (exact) mass is 2030 g/mol. The molecule has 7 aliphatic heterocycles. The molecule has 7 aliphatic rings. The molecule has 3 unspecified atom stereocenters. The average Bonchev–Trinajstić information content (AvgIpc) is 1.57. The summed E-state index contributed by atoms with van der Waals surface area (Å²) in [6.45, 7) is 16.5. The average molecular weight is 2040 g/mol. The third kappa shape index (κ3) is 20.9. The van der Waals surface area contributed by atoms with E-state index in [1.54, 1.807) is 92.8 Å². The minimum atomic E-state index is -1.62. The number of fused-ring (bicyclic) bond motifs is 13. The molecule has 0 fully saturated rings. The SMILES string of the molecule is CC(C)(C)OC(=O)N1CC(=O)c2cc(F)ccc2C1.CC(C)(C)OC(=O)N1Cc2ccc(F)cc2C2(C1)NC(=O)c1c(Cl)cc(Br)c(=O)n12.CC(C)(C)OC(=O)N1Cc2ccc(F)cc2C2(C1)NC(=O)c1c(Cl)cc(Nc3ccncn3)c(=O)n12.NC(=O)c1[nH]c(=O)c(Br)cc1Cl.Nc1ccncn1.O=C1NC2(CNCc3ccc(F)cc32)n2c1c(Cl)cc(Nc1ccncn1)c2=O. The third-order valence-corrected chi connectivity index (χ3v) is 22.8. The largest absolute Gasteiger partial charge is 0.444 e. The van der Waals surface area contributed by atoms with Crippen molar-refractivity contribution in [2.75, 3.05) is 42.5 Å². The van der Waals surface area contributed by atoms with Crippen LogP contribution < -0.4 is 65.6 Å². The van der Waals surface area contributed by atoms with Gasteiger partial charge in [0, 0.05) is 67.0 Å². The van der Waals surface area contributed by atoms with E-state index in [9.17, 15) is 75.1 Å². The topological polar surface area (TPSA) is 474 Å². The number of hydrogen-bond acceptors (Lipinski definition) is 25. The maximum absolute atomic E-state index is 14.5. The fourth-order valence-electron chi connectivity index (χ4n) is 15.2. The van der Waals surface area contributed by atoms with Crippen molar-refractivity contribution in [1.29, 1.82) is 0 Å². The number of amides is 7. The molecule has 3 atom stereocenters. The van der Waals surface area contributed by atoms with Crippen molar-refractivity contribution in [3.8, 4) is 0 Å². The van der Waals surface area contributed by atoms with Gasteiger partial charge in [-0.25, -0.2) is 61.8 Å². The highest BCUT2D eigenvalue weighted by Gasteiger charge is 2.55. The molecule has 7 aromatic heterocycles. The lowest BCUT2D eigenvalue weighted by Crippen LogP contribution is -2.59. The molecule has 46 heteroatoms. The van der Waals surface area contributed by atoms with E-state index >= 15 is 0 Å². The highest BCUT2D eigenvalue weighted by Crippen LogP contribution is 2.44. The number of pyridine rings is 4. The van der Waals surface area contributed by atoms with E-state index in [2.05, 4.69) is 98.6 Å². The molecular formula is C87H79Br2Cl4F4N21O15. The summed E-state index contributed by atoms with van der Waals surface area (Å²) in [7, 11) is 0. The molecule has 0 bridgehead atoms. The van der Waals surface area contributed by atoms with E-state index in [1.165, 1.54) is 151 Å². The maximum Gasteiger partial charge on any atom is 0.411 e. The molecule has 11 N–H and O–H groups in total. The first-order valence-electron chi connectivity index (χ1n) is 39.9. The number of aromatic amines is 1. The number of hydrogen-bond donors (Lipinski definition) is 9. The molecule has 4 aromatic carbocycles. The zero-order valence-corrected chi connectivity index (χ0v) is 77.7. The summed E-state index contributed by atoms with van der Waals surface area (Å²) in [6.07, 6.45) is 6.88. The van der Waals surface area contributed by atoms with Crippen LogP contribution in [0.4, 0.5) is 60.8 Å². The number of nitrogens with one attached hydrogen (secondary N) is 7. The standard InChI is InChI=1S/C24H22ClFN6O4.C20H18BrClFN3O4.C19H14ClFN6O2.C14H16FNO3.C6H4BrClN2O2.C4H5N3/c1-23(2,3)36-22(35)31-10-13-4-5-14(26)8-15(13)24(11-31)30-20(33)19-16(25)9-17(21(34)32(19)24)29-18-6-7-27-12-28-18;1-19(2,3)30-18(29)25-8-10-4-5-11(23)6-12(10)20(9-25)24-16(27)15-14(22)7-13(21)17(28)26(15)20;20-13-6-14(25-15-3-4-22-9-24-15)18(29)27-16(13)17(28)26-19(27)8-23-7-10-1-2-11(21)5-12(10)19;1-14(2,3)19-13(18)16-7-9-4-5-10(15)6-11(9)12(17)8-16;7-2-1-3(8)4(5(9)11)10-6(2)12;5-4-1-2-6-3-7-4/h4-9,12H,10-11H2,1-3H3,(H,30,33)(H,27,28,29);4-7H,8-9H2,1-3H3,(H,24,27);1-6,9,23H,7-8H2,(H,26,28)(H,22,24,25);4-6H,7-8H2,1-3H3;1H,(H2,9,11)(H,10,12);1-3H,(H2,5,6,7). The van der Waals surface area contributed by atoms with Gasteiger partial charge in [0.1, 0.15) is 111 Å². The predicted molar refractivity (Wildman–Crippen MR) is 485 cm³/mol. The Labute approximate surface area is 788 Å². The number of Topliss-reactive ketones (excluding diaryl/α,β-unsaturated/α-hetero) is 1. The number of ether oxygens (including phenoxy) is 3. The number of H-pyrrole nitrogens is 1. The highest BCUT2D eigenvalue weighted by molar-refractivity contribution is 9.10. The van der Waals surface area contributed by atoms with E-state index in [-0.39, 0.29) is 115 Å². The van der Waals surface area contributed by atoms with Crippen LogP contribution in [0.25, 0.3) is 0 Å². The second-order valence-corrected chi connectivity index (χ2v) is 36.7. The summed E-state index contributed by atoms with van der Waals surface area (Å²) in [5.41, 5.74) is 5.59. The van der Waals surface area contributed by atoms with Crippen LogP contribution in [0.3, 0.4) is 0 Å². The Morgan fingerprint density at radius 2 is 0.842 bits per heavy atom. The van der Waals surface area contributed by atoms with Gasteiger partial charge in [0.2, 0.25) is 0 Å². The van der Waals surface area contributed by atoms with Crippen LogP contribution >= 0.6 is 78.3 Å². The Kier molecular flexibility index (Phi) is 28.0. The fraction of sp³-hybridized carbons (Fsp3) is 0.264. The summed E-state index contributed by atoms with van der Waals surface area (Å²) >= 11 is 30.8. The minimum absolute atomic E-state index is 0.00660. The molecule has 36 nitrogen and oxygen atoms in total. The van der Waals surface area contributed by atoms with Gasteiger partial charge in [-0.05, 0) is 207 Å². The first-order valence-corrected chi connectivity index (χ1v) is 43.0. The summed E-state index contributed by atoms with van der Waals surface area (Å²) in [5.74, 6) is -3.51. The molecule has 0 aliphatic carbocycles. The number of carbonyl (C=O) groups excluding carboxylic acids is 8. The van der Waals surface area contributed by atoms with E-state index in [1.807, 2.05) is 0 Å². The van der Waals surface area contributed by atoms with Gasteiger partial charge in [0.25, 0.3) is 45.9 Å². The first-order chi connectivity index (χ1) is 62.6. The van der Waals surface area contributed by atoms with E-state index in [0.29, 0.717) is 62.9 Å². The minimum Gasteiger partial charge on any atom is -0.444 e. The first kappa shape index (κ1) is 97.0. The van der Waals surface area contributed by atoms with Crippen LogP contribution in [0.1, 0.15) is 154 Å². The van der Waals surface area contributed by atoms with E-state index in [0.717, 1.165) is 5.56 Å². The summed E-state index contributed by atoms with van der Waals surface area (Å²) < 4.78 is 76.2. The Morgan fingerprint density at radius 1 is 0.459 bits per heavy atom. The number of nitrogens with zero attached hydrogens (tertiary/aromatic N) is 12. The fourth-order valence-corrected chi connectivity index (χ4v) is 17.3. The van der Waals surface area contributed by atoms with Gasteiger partial charge in [0.15, 0.2) is 22.8 Å². The number of ketones is 1. The Bertz CT molecular complexity index is 6820. The second kappa shape index (κ2) is 38.4. The van der Waals surface area contributed by atoms with Crippen LogP contribution in [0, 0.1) is 23.3 Å². The molecule has 692 valence electrons. The van der Waals surface area contributed by atoms with Gasteiger partial charge in [-0.1, -0.05) is 70.7 Å². The molecule has 14 heterocycles. The number of anilines is 5. The molecule has 3 spiro atoms. The number of nitrogen functional groups attached to an aromatic ring is 1. The predicted octanol–water partition coefficient (Wildman–Crippen LogP) is 12.4. The zero-order valence-electron chi connectivity index (χ0n) is 71.5. The Hall–Kier alpha value is -13.5. The van der Waals surface area contributed by atoms with Crippen molar-refractivity contribution in [3.63, 3.8) is 0 Å². The number of rotatable bonds is 5. The van der Waals surface area contributed by atoms with Gasteiger partial charge in [-0.3, -0.25) is 71.6 Å². The maximum atomic E-state index is 14.5. The van der Waals surface area contributed by atoms with Gasteiger partial charge >= 0.3 is 18.3 Å². The molecule has 7 amide bonds. The van der Waals surface area contributed by atoms with Gasteiger partial charge < -0.3 is 62.6 Å². The summed E-state index contributed by atoms with van der Waals surface area (Å²) in [6, 6.07) is 26.6. The molecule has 11 aromatic rings. The van der Waals surface area contributed by atoms with Crippen molar-refractivity contribution < 1.29 is 70.1 Å². The molecule has 133 heavy (non-hydrogen) atoms. The van der Waals surface area contributed by atoms with Crippen molar-refractivity contribution in [2.24, 2.45) is 5.73 Å². The van der Waals surface area contributed by atoms with Gasteiger partial charge in [-0.2, -0.15) is 0 Å². The van der Waals surface area contributed by atoms with E-state index < -0.39 is 121 Å². The zero-order chi connectivity index (χ0) is 96.6. The lowest BCUT2D eigenvalue weighted by atomic mass is 9.89.